The number of pyridine rings is 1. The molecule has 0 unspecified atom stereocenters. The molecule has 0 saturated heterocycles. The van der Waals surface area contributed by atoms with Gasteiger partial charge in [0.25, 0.3) is 5.69 Å². The Kier molecular flexibility index (Phi) is 5.49. The number of nitro groups is 1. The number of aryl methyl sites for hydroxylation is 1. The molecule has 1 aromatic carbocycles. The van der Waals surface area contributed by atoms with Crippen LogP contribution in [-0.2, 0) is 11.3 Å². The molecular weight excluding hydrogens is 364 g/mol. The Balaban J connectivity index is 1.59. The van der Waals surface area contributed by atoms with E-state index in [1.54, 1.807) is 56.8 Å². The molecular formula is C18H18N6O4. The van der Waals surface area contributed by atoms with Crippen molar-refractivity contribution in [2.24, 2.45) is 0 Å². The van der Waals surface area contributed by atoms with Crippen molar-refractivity contribution in [3.05, 3.63) is 64.6 Å². The van der Waals surface area contributed by atoms with Crippen LogP contribution in [0.5, 0.6) is 5.75 Å². The molecule has 2 heterocycles. The normalized spacial score (nSPS) is 10.4. The Morgan fingerprint density at radius 2 is 2.00 bits per heavy atom. The number of benzene rings is 1. The second-order valence-corrected chi connectivity index (χ2v) is 5.94. The van der Waals surface area contributed by atoms with E-state index in [9.17, 15) is 14.9 Å². The fourth-order valence-corrected chi connectivity index (χ4v) is 2.49. The standard InChI is InChI=1S/C18H18N6O4/c1-12-7-17(19-9-16(12)24(26)27)21-14-8-20-23(10-14)11-18(25)22-13-3-5-15(28-2)6-4-13/h3-10H,11H2,1-2H3,(H,19,21)(H,22,25). The molecule has 0 spiro atoms. The zero-order valence-corrected chi connectivity index (χ0v) is 15.2. The van der Waals surface area contributed by atoms with Crippen molar-refractivity contribution >= 4 is 28.8 Å². The fraction of sp³-hybridized carbons (Fsp3) is 0.167. The molecule has 0 aliphatic carbocycles. The molecule has 3 aromatic rings. The first-order valence-corrected chi connectivity index (χ1v) is 8.29. The molecule has 0 radical (unpaired) electrons. The molecule has 0 aliphatic rings. The number of anilines is 3. The molecule has 0 saturated carbocycles. The molecule has 3 rings (SSSR count). The topological polar surface area (TPSA) is 124 Å². The van der Waals surface area contributed by atoms with Crippen LogP contribution in [0, 0.1) is 17.0 Å². The molecule has 2 N–H and O–H groups in total. The number of carbonyl (C=O) groups is 1. The number of hydrogen-bond acceptors (Lipinski definition) is 7. The Bertz CT molecular complexity index is 1000. The smallest absolute Gasteiger partial charge is 0.290 e. The lowest BCUT2D eigenvalue weighted by Crippen LogP contribution is -2.18. The van der Waals surface area contributed by atoms with Gasteiger partial charge in [0.2, 0.25) is 5.91 Å². The van der Waals surface area contributed by atoms with Crippen LogP contribution in [0.2, 0.25) is 0 Å². The van der Waals surface area contributed by atoms with Crippen molar-refractivity contribution in [2.45, 2.75) is 13.5 Å². The molecule has 10 heteroatoms. The zero-order chi connectivity index (χ0) is 20.1. The SMILES string of the molecule is COc1ccc(NC(=O)Cn2cc(Nc3cc(C)c([N+](=O)[O-])cn3)cn2)cc1. The van der Waals surface area contributed by atoms with Crippen molar-refractivity contribution in [3.63, 3.8) is 0 Å². The average molecular weight is 382 g/mol. The Morgan fingerprint density at radius 1 is 1.25 bits per heavy atom. The minimum absolute atomic E-state index is 0.0282. The van der Waals surface area contributed by atoms with E-state index >= 15 is 0 Å². The van der Waals surface area contributed by atoms with Crippen LogP contribution in [0.15, 0.2) is 48.9 Å². The Morgan fingerprint density at radius 3 is 2.64 bits per heavy atom. The summed E-state index contributed by atoms with van der Waals surface area (Å²) in [5.41, 5.74) is 1.71. The van der Waals surface area contributed by atoms with Gasteiger partial charge in [-0.05, 0) is 37.3 Å². The van der Waals surface area contributed by atoms with Crippen LogP contribution in [0.25, 0.3) is 0 Å². The third-order valence-electron chi connectivity index (χ3n) is 3.86. The molecule has 0 aliphatic heterocycles. The van der Waals surface area contributed by atoms with Crippen molar-refractivity contribution in [2.75, 3.05) is 17.7 Å². The van der Waals surface area contributed by atoms with Gasteiger partial charge >= 0.3 is 0 Å². The van der Waals surface area contributed by atoms with Crippen molar-refractivity contribution in [1.29, 1.82) is 0 Å². The van der Waals surface area contributed by atoms with E-state index in [2.05, 4.69) is 20.7 Å². The summed E-state index contributed by atoms with van der Waals surface area (Å²) in [5, 5.41) is 20.8. The van der Waals surface area contributed by atoms with E-state index in [0.717, 1.165) is 0 Å². The van der Waals surface area contributed by atoms with Crippen molar-refractivity contribution in [3.8, 4) is 5.75 Å². The van der Waals surface area contributed by atoms with Gasteiger partial charge in [0, 0.05) is 17.4 Å². The van der Waals surface area contributed by atoms with Gasteiger partial charge in [-0.2, -0.15) is 5.10 Å². The third kappa shape index (κ3) is 4.61. The van der Waals surface area contributed by atoms with Crippen molar-refractivity contribution in [1.82, 2.24) is 14.8 Å². The fourth-order valence-electron chi connectivity index (χ4n) is 2.49. The maximum absolute atomic E-state index is 12.2. The average Bonchev–Trinajstić information content (AvgIpc) is 3.08. The van der Waals surface area contributed by atoms with Gasteiger partial charge in [-0.1, -0.05) is 0 Å². The number of nitrogens with zero attached hydrogens (tertiary/aromatic N) is 4. The lowest BCUT2D eigenvalue weighted by atomic mass is 10.2. The van der Waals surface area contributed by atoms with E-state index in [1.807, 2.05) is 0 Å². The third-order valence-corrected chi connectivity index (χ3v) is 3.86. The second-order valence-electron chi connectivity index (χ2n) is 5.94. The van der Waals surface area contributed by atoms with E-state index in [1.165, 1.54) is 10.9 Å². The number of amides is 1. The van der Waals surface area contributed by atoms with E-state index in [-0.39, 0.29) is 18.1 Å². The van der Waals surface area contributed by atoms with Crippen LogP contribution in [0.3, 0.4) is 0 Å². The number of nitrogens with one attached hydrogen (secondary N) is 2. The molecule has 144 valence electrons. The first-order chi connectivity index (χ1) is 13.4. The highest BCUT2D eigenvalue weighted by Gasteiger charge is 2.12. The minimum atomic E-state index is -0.481. The monoisotopic (exact) mass is 382 g/mol. The molecule has 2 aromatic heterocycles. The van der Waals surface area contributed by atoms with E-state index < -0.39 is 4.92 Å². The predicted molar refractivity (Wildman–Crippen MR) is 103 cm³/mol. The number of hydrogen-bond donors (Lipinski definition) is 2. The van der Waals surface area contributed by atoms with Gasteiger partial charge in [0.15, 0.2) is 0 Å². The van der Waals surface area contributed by atoms with Gasteiger partial charge in [-0.3, -0.25) is 19.6 Å². The van der Waals surface area contributed by atoms with Gasteiger partial charge in [0.1, 0.15) is 24.3 Å². The maximum atomic E-state index is 12.2. The van der Waals surface area contributed by atoms with Crippen LogP contribution >= 0.6 is 0 Å². The summed E-state index contributed by atoms with van der Waals surface area (Å²) in [6.07, 6.45) is 4.38. The van der Waals surface area contributed by atoms with Crippen LogP contribution in [0.1, 0.15) is 5.56 Å². The summed E-state index contributed by atoms with van der Waals surface area (Å²) in [5.74, 6) is 0.922. The molecule has 0 atom stereocenters. The van der Waals surface area contributed by atoms with Gasteiger partial charge in [-0.15, -0.1) is 0 Å². The molecule has 0 fully saturated rings. The van der Waals surface area contributed by atoms with Gasteiger partial charge in [-0.25, -0.2) is 4.98 Å². The number of aromatic nitrogens is 3. The summed E-state index contributed by atoms with van der Waals surface area (Å²) in [6, 6.07) is 8.58. The second kappa shape index (κ2) is 8.16. The highest BCUT2D eigenvalue weighted by atomic mass is 16.6. The summed E-state index contributed by atoms with van der Waals surface area (Å²) in [6.45, 7) is 1.67. The summed E-state index contributed by atoms with van der Waals surface area (Å²) in [4.78, 5) is 26.5. The number of carbonyl (C=O) groups excluding carboxylic acids is 1. The van der Waals surface area contributed by atoms with E-state index in [0.29, 0.717) is 28.5 Å². The Hall–Kier alpha value is -3.95. The maximum Gasteiger partial charge on any atom is 0.290 e. The molecule has 1 amide bonds. The molecule has 28 heavy (non-hydrogen) atoms. The first-order valence-electron chi connectivity index (χ1n) is 8.29. The number of ether oxygens (including phenoxy) is 1. The minimum Gasteiger partial charge on any atom is -0.497 e. The molecule has 10 nitrogen and oxygen atoms in total. The first kappa shape index (κ1) is 18.8. The molecule has 0 bridgehead atoms. The van der Waals surface area contributed by atoms with E-state index in [4.69, 9.17) is 4.74 Å². The number of methoxy groups -OCH3 is 1. The predicted octanol–water partition coefficient (Wildman–Crippen LogP) is 2.89. The van der Waals surface area contributed by atoms with Crippen LogP contribution < -0.4 is 15.4 Å². The van der Waals surface area contributed by atoms with Gasteiger partial charge < -0.3 is 15.4 Å². The van der Waals surface area contributed by atoms with Gasteiger partial charge in [0.05, 0.1) is 23.9 Å². The highest BCUT2D eigenvalue weighted by Crippen LogP contribution is 2.21. The number of rotatable bonds is 7. The Labute approximate surface area is 160 Å². The summed E-state index contributed by atoms with van der Waals surface area (Å²) in [7, 11) is 1.57. The lowest BCUT2D eigenvalue weighted by molar-refractivity contribution is -0.385. The van der Waals surface area contributed by atoms with Crippen molar-refractivity contribution < 1.29 is 14.5 Å². The summed E-state index contributed by atoms with van der Waals surface area (Å²) >= 11 is 0. The van der Waals surface area contributed by atoms with Crippen LogP contribution in [0.4, 0.5) is 22.9 Å². The van der Waals surface area contributed by atoms with Crippen LogP contribution in [-0.4, -0.2) is 32.7 Å². The summed E-state index contributed by atoms with van der Waals surface area (Å²) < 4.78 is 6.55. The largest absolute Gasteiger partial charge is 0.497 e. The lowest BCUT2D eigenvalue weighted by Gasteiger charge is -2.06. The highest BCUT2D eigenvalue weighted by molar-refractivity contribution is 5.90. The quantitative estimate of drug-likeness (QED) is 0.475. The zero-order valence-electron chi connectivity index (χ0n) is 15.2.